The number of amides is 1. The molecule has 4 aromatic rings. The van der Waals surface area contributed by atoms with Gasteiger partial charge in [0.15, 0.2) is 6.61 Å². The number of nitrogens with one attached hydrogen (secondary N) is 1. The van der Waals surface area contributed by atoms with E-state index in [1.807, 2.05) is 12.1 Å². The monoisotopic (exact) mass is 475 g/mol. The number of anilines is 1. The number of carbonyl (C=O) groups excluding carboxylic acids is 1. The Bertz CT molecular complexity index is 1480. The third kappa shape index (κ3) is 4.27. The van der Waals surface area contributed by atoms with E-state index in [4.69, 9.17) is 4.74 Å². The first-order chi connectivity index (χ1) is 16.9. The third-order valence-corrected chi connectivity index (χ3v) is 6.25. The van der Waals surface area contributed by atoms with E-state index in [2.05, 4.69) is 19.9 Å². The number of piperazine rings is 1. The first-order valence-corrected chi connectivity index (χ1v) is 11.2. The summed E-state index contributed by atoms with van der Waals surface area (Å²) in [5.74, 6) is 1.17. The van der Waals surface area contributed by atoms with Crippen LogP contribution in [0.25, 0.3) is 22.3 Å². The Labute approximate surface area is 200 Å². The van der Waals surface area contributed by atoms with Crippen LogP contribution in [0.2, 0.25) is 0 Å². The zero-order chi connectivity index (χ0) is 24.5. The Morgan fingerprint density at radius 2 is 1.69 bits per heavy atom. The Kier molecular flexibility index (Phi) is 5.81. The van der Waals surface area contributed by atoms with Gasteiger partial charge in [0.05, 0.1) is 5.52 Å². The predicted octanol–water partition coefficient (Wildman–Crippen LogP) is 0.750. The highest BCUT2D eigenvalue weighted by Gasteiger charge is 2.22. The highest BCUT2D eigenvalue weighted by atomic mass is 16.5. The highest BCUT2D eigenvalue weighted by Crippen LogP contribution is 2.24. The van der Waals surface area contributed by atoms with Crippen molar-refractivity contribution < 1.29 is 9.53 Å². The van der Waals surface area contributed by atoms with Crippen molar-refractivity contribution >= 4 is 22.9 Å². The van der Waals surface area contributed by atoms with E-state index in [0.717, 1.165) is 10.1 Å². The van der Waals surface area contributed by atoms with Gasteiger partial charge in [-0.15, -0.1) is 0 Å². The number of benzene rings is 1. The first-order valence-electron chi connectivity index (χ1n) is 11.2. The molecule has 11 nitrogen and oxygen atoms in total. The van der Waals surface area contributed by atoms with Crippen LogP contribution in [0.3, 0.4) is 0 Å². The quantitative estimate of drug-likeness (QED) is 0.453. The standard InChI is InChI=1S/C24H25N7O4/c1-28-19-14-18(27-21(19)22(33)29(2)24(28)34)16-4-6-17(7-5-16)35-15-20(32)30-10-12-31(13-11-30)23-25-8-3-9-26-23/h3-9,14,27H,10-13,15H2,1-2H3. The molecular formula is C24H25N7O4. The number of carbonyl (C=O) groups is 1. The fourth-order valence-electron chi connectivity index (χ4n) is 4.19. The van der Waals surface area contributed by atoms with Crippen LogP contribution in [0.1, 0.15) is 0 Å². The number of ether oxygens (including phenoxy) is 1. The van der Waals surface area contributed by atoms with Crippen molar-refractivity contribution in [2.75, 3.05) is 37.7 Å². The largest absolute Gasteiger partial charge is 0.484 e. The van der Waals surface area contributed by atoms with E-state index < -0.39 is 0 Å². The van der Waals surface area contributed by atoms with Crippen LogP contribution in [-0.4, -0.2) is 67.7 Å². The fraction of sp³-hybridized carbons (Fsp3) is 0.292. The summed E-state index contributed by atoms with van der Waals surface area (Å²) in [4.78, 5) is 52.7. The number of rotatable bonds is 5. The van der Waals surface area contributed by atoms with Crippen LogP contribution in [0.4, 0.5) is 5.95 Å². The summed E-state index contributed by atoms with van der Waals surface area (Å²) in [7, 11) is 3.08. The highest BCUT2D eigenvalue weighted by molar-refractivity contribution is 5.82. The van der Waals surface area contributed by atoms with Gasteiger partial charge in [-0.3, -0.25) is 18.7 Å². The number of fused-ring (bicyclic) bond motifs is 1. The fourth-order valence-corrected chi connectivity index (χ4v) is 4.19. The molecule has 1 saturated heterocycles. The lowest BCUT2D eigenvalue weighted by molar-refractivity contribution is -0.133. The summed E-state index contributed by atoms with van der Waals surface area (Å²) in [6.45, 7) is 2.46. The van der Waals surface area contributed by atoms with Crippen LogP contribution in [-0.2, 0) is 18.9 Å². The van der Waals surface area contributed by atoms with Crippen LogP contribution in [0.5, 0.6) is 5.75 Å². The van der Waals surface area contributed by atoms with Crippen molar-refractivity contribution in [3.05, 3.63) is 69.6 Å². The van der Waals surface area contributed by atoms with Crippen molar-refractivity contribution in [1.82, 2.24) is 29.0 Å². The summed E-state index contributed by atoms with van der Waals surface area (Å²) in [6.07, 6.45) is 3.42. The van der Waals surface area contributed by atoms with Gasteiger partial charge in [-0.2, -0.15) is 0 Å². The Morgan fingerprint density at radius 1 is 1.00 bits per heavy atom. The van der Waals surface area contributed by atoms with E-state index in [-0.39, 0.29) is 23.8 Å². The lowest BCUT2D eigenvalue weighted by Gasteiger charge is -2.34. The number of H-pyrrole nitrogens is 1. The molecule has 5 rings (SSSR count). The van der Waals surface area contributed by atoms with Crippen molar-refractivity contribution in [1.29, 1.82) is 0 Å². The van der Waals surface area contributed by atoms with Gasteiger partial charge >= 0.3 is 5.69 Å². The molecular weight excluding hydrogens is 450 g/mol. The van der Waals surface area contributed by atoms with Gasteiger partial charge in [-0.05, 0) is 42.0 Å². The Balaban J connectivity index is 1.21. The molecule has 0 spiro atoms. The number of hydrogen-bond donors (Lipinski definition) is 1. The zero-order valence-corrected chi connectivity index (χ0v) is 19.5. The van der Waals surface area contributed by atoms with Gasteiger partial charge in [0.1, 0.15) is 11.3 Å². The molecule has 4 heterocycles. The maximum absolute atomic E-state index is 12.6. The SMILES string of the molecule is Cn1c(=O)c2[nH]c(-c3ccc(OCC(=O)N4CCN(c5ncccn5)CC4)cc3)cc2n(C)c1=O. The number of aromatic amines is 1. The molecule has 0 unspecified atom stereocenters. The Hall–Kier alpha value is -4.41. The molecule has 0 saturated carbocycles. The topological polar surface area (TPSA) is 118 Å². The van der Waals surface area contributed by atoms with E-state index in [0.29, 0.717) is 54.6 Å². The smallest absolute Gasteiger partial charge is 0.331 e. The summed E-state index contributed by atoms with van der Waals surface area (Å²) in [5, 5.41) is 0. The molecule has 0 atom stereocenters. The van der Waals surface area contributed by atoms with E-state index >= 15 is 0 Å². The second-order valence-electron chi connectivity index (χ2n) is 8.38. The second kappa shape index (κ2) is 9.09. The minimum absolute atomic E-state index is 0.0499. The van der Waals surface area contributed by atoms with Crippen LogP contribution < -0.4 is 20.9 Å². The lowest BCUT2D eigenvalue weighted by Crippen LogP contribution is -2.50. The van der Waals surface area contributed by atoms with Crippen LogP contribution in [0.15, 0.2) is 58.4 Å². The normalized spacial score (nSPS) is 13.9. The van der Waals surface area contributed by atoms with Crippen LogP contribution in [0, 0.1) is 0 Å². The number of hydrogen-bond acceptors (Lipinski definition) is 7. The van der Waals surface area contributed by atoms with E-state index in [1.165, 1.54) is 11.6 Å². The molecule has 1 fully saturated rings. The average Bonchev–Trinajstić information content (AvgIpc) is 3.36. The van der Waals surface area contributed by atoms with Gasteiger partial charge < -0.3 is 19.5 Å². The molecule has 11 heteroatoms. The molecule has 0 bridgehead atoms. The van der Waals surface area contributed by atoms with Gasteiger partial charge in [-0.25, -0.2) is 14.8 Å². The van der Waals surface area contributed by atoms with E-state index in [1.54, 1.807) is 48.6 Å². The molecule has 0 aliphatic carbocycles. The number of nitrogens with zero attached hydrogens (tertiary/aromatic N) is 6. The minimum atomic E-state index is -0.378. The molecule has 1 N–H and O–H groups in total. The summed E-state index contributed by atoms with van der Waals surface area (Å²) >= 11 is 0. The van der Waals surface area contributed by atoms with Gasteiger partial charge in [0.2, 0.25) is 5.95 Å². The second-order valence-corrected chi connectivity index (χ2v) is 8.38. The average molecular weight is 476 g/mol. The van der Waals surface area contributed by atoms with Crippen molar-refractivity contribution in [3.63, 3.8) is 0 Å². The van der Waals surface area contributed by atoms with Gasteiger partial charge in [0.25, 0.3) is 11.5 Å². The molecule has 1 aromatic carbocycles. The predicted molar refractivity (Wildman–Crippen MR) is 131 cm³/mol. The van der Waals surface area contributed by atoms with Crippen molar-refractivity contribution in [3.8, 4) is 17.0 Å². The Morgan fingerprint density at radius 3 is 2.37 bits per heavy atom. The molecule has 1 aliphatic heterocycles. The van der Waals surface area contributed by atoms with Crippen molar-refractivity contribution in [2.24, 2.45) is 14.1 Å². The first kappa shape index (κ1) is 22.4. The van der Waals surface area contributed by atoms with Crippen LogP contribution >= 0.6 is 0 Å². The summed E-state index contributed by atoms with van der Waals surface area (Å²) in [5.41, 5.74) is 1.70. The maximum Gasteiger partial charge on any atom is 0.331 e. The van der Waals surface area contributed by atoms with Gasteiger partial charge in [0, 0.05) is 58.4 Å². The maximum atomic E-state index is 12.6. The molecule has 0 radical (unpaired) electrons. The zero-order valence-electron chi connectivity index (χ0n) is 19.5. The third-order valence-electron chi connectivity index (χ3n) is 6.25. The molecule has 1 amide bonds. The number of aromatic nitrogens is 5. The van der Waals surface area contributed by atoms with Gasteiger partial charge in [-0.1, -0.05) is 0 Å². The summed E-state index contributed by atoms with van der Waals surface area (Å²) in [6, 6.07) is 10.8. The molecule has 3 aromatic heterocycles. The number of aryl methyl sites for hydroxylation is 1. The molecule has 1 aliphatic rings. The van der Waals surface area contributed by atoms with E-state index in [9.17, 15) is 14.4 Å². The summed E-state index contributed by atoms with van der Waals surface area (Å²) < 4.78 is 8.23. The van der Waals surface area contributed by atoms with Crippen molar-refractivity contribution in [2.45, 2.75) is 0 Å². The molecule has 180 valence electrons. The molecule has 35 heavy (non-hydrogen) atoms. The minimum Gasteiger partial charge on any atom is -0.484 e. The lowest BCUT2D eigenvalue weighted by atomic mass is 10.1.